The maximum atomic E-state index is 11.4. The molecule has 0 aliphatic heterocycles. The summed E-state index contributed by atoms with van der Waals surface area (Å²) in [6.07, 6.45) is 3.78. The van der Waals surface area contributed by atoms with Gasteiger partial charge >= 0.3 is 0 Å². The van der Waals surface area contributed by atoms with Crippen LogP contribution in [0.2, 0.25) is 5.02 Å². The van der Waals surface area contributed by atoms with Gasteiger partial charge < -0.3 is 10.1 Å². The van der Waals surface area contributed by atoms with Gasteiger partial charge in [0.05, 0.1) is 37.1 Å². The van der Waals surface area contributed by atoms with Crippen molar-refractivity contribution < 1.29 is 13.2 Å². The van der Waals surface area contributed by atoms with Gasteiger partial charge in [-0.3, -0.25) is 0 Å². The number of anilines is 2. The summed E-state index contributed by atoms with van der Waals surface area (Å²) in [7, 11) is -2.00. The molecule has 2 heterocycles. The largest absolute Gasteiger partial charge is 0.480 e. The maximum absolute atomic E-state index is 11.4. The monoisotopic (exact) mass is 317 g/mol. The lowest BCUT2D eigenvalue weighted by atomic mass is 10.4. The van der Waals surface area contributed by atoms with E-state index in [0.29, 0.717) is 11.4 Å². The van der Waals surface area contributed by atoms with Crippen LogP contribution in [0, 0.1) is 6.92 Å². The van der Waals surface area contributed by atoms with E-state index in [4.69, 9.17) is 16.3 Å². The molecule has 2 aromatic rings. The number of rotatable bonds is 4. The molecule has 8 nitrogen and oxygen atoms in total. The Morgan fingerprint density at radius 2 is 2.15 bits per heavy atom. The third kappa shape index (κ3) is 2.99. The van der Waals surface area contributed by atoms with Crippen molar-refractivity contribution in [3.63, 3.8) is 0 Å². The summed E-state index contributed by atoms with van der Waals surface area (Å²) >= 11 is 5.82. The molecule has 2 aromatic heterocycles. The maximum Gasteiger partial charge on any atom is 0.250 e. The highest BCUT2D eigenvalue weighted by atomic mass is 35.5. The van der Waals surface area contributed by atoms with Crippen LogP contribution in [-0.2, 0) is 10.0 Å². The number of nitrogens with one attached hydrogen (secondary N) is 1. The highest BCUT2D eigenvalue weighted by molar-refractivity contribution is 7.89. The number of ether oxygens (including phenoxy) is 1. The van der Waals surface area contributed by atoms with Crippen LogP contribution in [0.3, 0.4) is 0 Å². The Morgan fingerprint density at radius 3 is 2.70 bits per heavy atom. The fourth-order valence-electron chi connectivity index (χ4n) is 1.40. The van der Waals surface area contributed by atoms with Gasteiger partial charge in [0.2, 0.25) is 11.8 Å². The van der Waals surface area contributed by atoms with E-state index in [1.54, 1.807) is 6.92 Å². The van der Waals surface area contributed by atoms with Crippen LogP contribution in [0.4, 0.5) is 11.6 Å². The molecule has 0 aliphatic carbocycles. The second kappa shape index (κ2) is 5.25. The summed E-state index contributed by atoms with van der Waals surface area (Å²) in [5.74, 6) is 0.444. The highest BCUT2D eigenvalue weighted by Crippen LogP contribution is 2.23. The van der Waals surface area contributed by atoms with Gasteiger partial charge in [0.25, 0.3) is 10.0 Å². The molecule has 20 heavy (non-hydrogen) atoms. The van der Waals surface area contributed by atoms with Crippen LogP contribution in [0.1, 0.15) is 5.69 Å². The van der Waals surface area contributed by atoms with E-state index in [0.717, 1.165) is 10.3 Å². The van der Waals surface area contributed by atoms with Gasteiger partial charge in [0.15, 0.2) is 0 Å². The summed E-state index contributed by atoms with van der Waals surface area (Å²) in [4.78, 5) is 8.01. The summed E-state index contributed by atoms with van der Waals surface area (Å²) < 4.78 is 28.6. The highest BCUT2D eigenvalue weighted by Gasteiger charge is 2.13. The zero-order valence-corrected chi connectivity index (χ0v) is 12.5. The van der Waals surface area contributed by atoms with E-state index >= 15 is 0 Å². The van der Waals surface area contributed by atoms with E-state index in [1.807, 2.05) is 0 Å². The van der Waals surface area contributed by atoms with Crippen molar-refractivity contribution in [3.05, 3.63) is 23.1 Å². The van der Waals surface area contributed by atoms with Crippen molar-refractivity contribution >= 4 is 33.3 Å². The molecular formula is C10H12ClN5O3S. The fraction of sp³-hybridized carbons (Fsp3) is 0.300. The molecule has 0 spiro atoms. The minimum absolute atomic E-state index is 0.220. The first-order chi connectivity index (χ1) is 9.31. The minimum Gasteiger partial charge on any atom is -0.480 e. The molecule has 0 saturated heterocycles. The Morgan fingerprint density at radius 1 is 1.45 bits per heavy atom. The van der Waals surface area contributed by atoms with E-state index in [2.05, 4.69) is 20.4 Å². The first-order valence-electron chi connectivity index (χ1n) is 5.41. The number of hydrogen-bond donors (Lipinski definition) is 1. The van der Waals surface area contributed by atoms with Crippen molar-refractivity contribution in [1.29, 1.82) is 0 Å². The number of methoxy groups -OCH3 is 1. The molecule has 108 valence electrons. The molecule has 1 N–H and O–H groups in total. The lowest BCUT2D eigenvalue weighted by molar-refractivity contribution is 0.398. The molecule has 2 rings (SSSR count). The number of nitrogens with zero attached hydrogens (tertiary/aromatic N) is 4. The summed E-state index contributed by atoms with van der Waals surface area (Å²) in [5.41, 5.74) is 0.966. The van der Waals surface area contributed by atoms with Gasteiger partial charge in [-0.15, -0.1) is 0 Å². The first-order valence-corrected chi connectivity index (χ1v) is 7.64. The van der Waals surface area contributed by atoms with Crippen LogP contribution < -0.4 is 10.1 Å². The van der Waals surface area contributed by atoms with Gasteiger partial charge in [-0.2, -0.15) is 14.2 Å². The summed E-state index contributed by atoms with van der Waals surface area (Å²) in [6.45, 7) is 1.66. The molecule has 10 heteroatoms. The SMILES string of the molecule is COc1nc(Nc2cn(S(C)(=O)=O)nc2C)ncc1Cl. The van der Waals surface area contributed by atoms with E-state index in [-0.39, 0.29) is 16.9 Å². The molecule has 0 saturated carbocycles. The number of hydrogen-bond acceptors (Lipinski definition) is 7. The lowest BCUT2D eigenvalue weighted by Crippen LogP contribution is -2.10. The van der Waals surface area contributed by atoms with Gasteiger partial charge in [-0.05, 0) is 6.92 Å². The minimum atomic E-state index is -3.44. The quantitative estimate of drug-likeness (QED) is 0.904. The Bertz CT molecular complexity index is 743. The second-order valence-corrected chi connectivity index (χ2v) is 6.19. The Balaban J connectivity index is 2.33. The smallest absolute Gasteiger partial charge is 0.250 e. The van der Waals surface area contributed by atoms with Gasteiger partial charge in [0, 0.05) is 0 Å². The van der Waals surface area contributed by atoms with Crippen LogP contribution in [0.15, 0.2) is 12.4 Å². The molecule has 0 fully saturated rings. The molecular weight excluding hydrogens is 306 g/mol. The third-order valence-corrected chi connectivity index (χ3v) is 3.50. The number of halogens is 1. The van der Waals surface area contributed by atoms with Crippen molar-refractivity contribution in [1.82, 2.24) is 19.2 Å². The second-order valence-electron chi connectivity index (χ2n) is 3.94. The van der Waals surface area contributed by atoms with Gasteiger partial charge in [-0.25, -0.2) is 13.4 Å². The Hall–Kier alpha value is -1.87. The number of aromatic nitrogens is 4. The van der Waals surface area contributed by atoms with Crippen LogP contribution >= 0.6 is 11.6 Å². The van der Waals surface area contributed by atoms with Crippen molar-refractivity contribution in [2.45, 2.75) is 6.92 Å². The van der Waals surface area contributed by atoms with Crippen molar-refractivity contribution in [2.75, 3.05) is 18.7 Å². The summed E-state index contributed by atoms with van der Waals surface area (Å²) in [5, 5.41) is 7.03. The van der Waals surface area contributed by atoms with Gasteiger partial charge in [0.1, 0.15) is 5.02 Å². The Labute approximate surface area is 120 Å². The molecule has 0 amide bonds. The summed E-state index contributed by atoms with van der Waals surface area (Å²) in [6, 6.07) is 0. The molecule has 0 atom stereocenters. The average Bonchev–Trinajstić information content (AvgIpc) is 2.73. The zero-order chi connectivity index (χ0) is 14.9. The predicted octanol–water partition coefficient (Wildman–Crippen LogP) is 1.19. The van der Waals surface area contributed by atoms with Crippen molar-refractivity contribution in [3.8, 4) is 5.88 Å². The van der Waals surface area contributed by atoms with E-state index in [9.17, 15) is 8.42 Å². The molecule has 0 aromatic carbocycles. The first kappa shape index (κ1) is 14.5. The molecule has 0 unspecified atom stereocenters. The normalized spacial score (nSPS) is 11.4. The van der Waals surface area contributed by atoms with Gasteiger partial charge in [-0.1, -0.05) is 11.6 Å². The molecule has 0 bridgehead atoms. The standard InChI is InChI=1S/C10H12ClN5O3S/c1-6-8(5-16(15-6)20(3,17)18)13-10-12-4-7(11)9(14-10)19-2/h4-5H,1-3H3,(H,12,13,14). The fourth-order valence-corrected chi connectivity index (χ4v) is 2.14. The van der Waals surface area contributed by atoms with Crippen LogP contribution in [-0.4, -0.2) is 40.9 Å². The van der Waals surface area contributed by atoms with Crippen LogP contribution in [0.25, 0.3) is 0 Å². The number of aryl methyl sites for hydroxylation is 1. The van der Waals surface area contributed by atoms with Crippen LogP contribution in [0.5, 0.6) is 5.88 Å². The predicted molar refractivity (Wildman–Crippen MR) is 74.1 cm³/mol. The molecule has 0 radical (unpaired) electrons. The van der Waals surface area contributed by atoms with Crippen molar-refractivity contribution in [2.24, 2.45) is 0 Å². The average molecular weight is 318 g/mol. The zero-order valence-electron chi connectivity index (χ0n) is 11.0. The topological polar surface area (TPSA) is 99.0 Å². The molecule has 0 aliphatic rings. The van der Waals surface area contributed by atoms with E-state index in [1.165, 1.54) is 19.5 Å². The Kier molecular flexibility index (Phi) is 3.82. The van der Waals surface area contributed by atoms with E-state index < -0.39 is 10.0 Å². The third-order valence-electron chi connectivity index (χ3n) is 2.37. The lowest BCUT2D eigenvalue weighted by Gasteiger charge is -2.05.